The predicted octanol–water partition coefficient (Wildman–Crippen LogP) is 3.91. The van der Waals surface area contributed by atoms with Crippen LogP contribution < -0.4 is 19.5 Å². The number of pyridine rings is 1. The second-order valence-electron chi connectivity index (χ2n) is 5.69. The molecule has 0 aliphatic carbocycles. The van der Waals surface area contributed by atoms with E-state index in [2.05, 4.69) is 10.3 Å². The molecular formula is C21H20N2O4. The van der Waals surface area contributed by atoms with E-state index >= 15 is 0 Å². The van der Waals surface area contributed by atoms with Gasteiger partial charge in [0.1, 0.15) is 0 Å². The second kappa shape index (κ2) is 8.23. The van der Waals surface area contributed by atoms with Crippen LogP contribution in [0.4, 0.5) is 5.69 Å². The van der Waals surface area contributed by atoms with Gasteiger partial charge in [0, 0.05) is 23.3 Å². The average Bonchev–Trinajstić information content (AvgIpc) is 2.71. The van der Waals surface area contributed by atoms with E-state index in [0.717, 1.165) is 16.5 Å². The van der Waals surface area contributed by atoms with Gasteiger partial charge in [0.15, 0.2) is 11.5 Å². The van der Waals surface area contributed by atoms with Crippen LogP contribution in [-0.4, -0.2) is 32.2 Å². The van der Waals surface area contributed by atoms with Crippen LogP contribution in [-0.2, 0) is 4.79 Å². The van der Waals surface area contributed by atoms with Crippen molar-refractivity contribution in [1.29, 1.82) is 0 Å². The highest BCUT2D eigenvalue weighted by atomic mass is 16.5. The third kappa shape index (κ3) is 4.17. The quantitative estimate of drug-likeness (QED) is 0.672. The Balaban J connectivity index is 1.77. The number of amides is 1. The average molecular weight is 364 g/mol. The van der Waals surface area contributed by atoms with Gasteiger partial charge in [-0.2, -0.15) is 0 Å². The van der Waals surface area contributed by atoms with Gasteiger partial charge in [-0.1, -0.05) is 6.07 Å². The van der Waals surface area contributed by atoms with E-state index in [9.17, 15) is 4.79 Å². The van der Waals surface area contributed by atoms with Crippen LogP contribution in [0.3, 0.4) is 0 Å². The number of nitrogens with one attached hydrogen (secondary N) is 1. The van der Waals surface area contributed by atoms with Gasteiger partial charge < -0.3 is 19.5 Å². The highest BCUT2D eigenvalue weighted by Crippen LogP contribution is 2.38. The molecule has 2 aromatic carbocycles. The monoisotopic (exact) mass is 364 g/mol. The molecule has 1 amide bonds. The zero-order valence-corrected chi connectivity index (χ0v) is 15.4. The van der Waals surface area contributed by atoms with Crippen molar-refractivity contribution in [1.82, 2.24) is 4.98 Å². The van der Waals surface area contributed by atoms with Crippen LogP contribution in [0.25, 0.3) is 17.0 Å². The molecule has 0 saturated heterocycles. The number of ether oxygens (including phenoxy) is 3. The lowest BCUT2D eigenvalue weighted by Crippen LogP contribution is -2.07. The molecule has 27 heavy (non-hydrogen) atoms. The summed E-state index contributed by atoms with van der Waals surface area (Å²) in [5.74, 6) is 1.32. The molecule has 3 aromatic rings. The Morgan fingerprint density at radius 3 is 2.41 bits per heavy atom. The summed E-state index contributed by atoms with van der Waals surface area (Å²) in [7, 11) is 4.64. The first-order valence-electron chi connectivity index (χ1n) is 8.28. The molecular weight excluding hydrogens is 344 g/mol. The van der Waals surface area contributed by atoms with E-state index in [4.69, 9.17) is 14.2 Å². The fraction of sp³-hybridized carbons (Fsp3) is 0.143. The van der Waals surface area contributed by atoms with Crippen LogP contribution in [0.1, 0.15) is 5.56 Å². The molecule has 0 bridgehead atoms. The Kier molecular flexibility index (Phi) is 5.56. The van der Waals surface area contributed by atoms with Crippen molar-refractivity contribution >= 4 is 28.6 Å². The zero-order chi connectivity index (χ0) is 19.2. The molecule has 0 aliphatic rings. The number of hydrogen-bond acceptors (Lipinski definition) is 5. The van der Waals surface area contributed by atoms with Crippen LogP contribution in [0.15, 0.2) is 54.7 Å². The molecule has 0 fully saturated rings. The maximum absolute atomic E-state index is 12.3. The number of anilines is 1. The minimum Gasteiger partial charge on any atom is -0.493 e. The number of benzene rings is 2. The van der Waals surface area contributed by atoms with Crippen LogP contribution in [0.2, 0.25) is 0 Å². The van der Waals surface area contributed by atoms with Crippen LogP contribution >= 0.6 is 0 Å². The number of fused-ring (bicyclic) bond motifs is 1. The maximum atomic E-state index is 12.3. The maximum Gasteiger partial charge on any atom is 0.248 e. The Hall–Kier alpha value is -3.54. The van der Waals surface area contributed by atoms with Crippen molar-refractivity contribution in [3.05, 3.63) is 60.3 Å². The summed E-state index contributed by atoms with van der Waals surface area (Å²) >= 11 is 0. The second-order valence-corrected chi connectivity index (χ2v) is 5.69. The SMILES string of the molecule is COc1cc(C=CC(=O)Nc2ccc3ncccc3c2)cc(OC)c1OC. The Morgan fingerprint density at radius 1 is 1.00 bits per heavy atom. The molecule has 0 saturated carbocycles. The summed E-state index contributed by atoms with van der Waals surface area (Å²) in [6.07, 6.45) is 4.87. The Labute approximate surface area is 157 Å². The smallest absolute Gasteiger partial charge is 0.248 e. The number of aromatic nitrogens is 1. The zero-order valence-electron chi connectivity index (χ0n) is 15.4. The van der Waals surface area contributed by atoms with Gasteiger partial charge in [0.05, 0.1) is 26.8 Å². The molecule has 0 atom stereocenters. The molecule has 3 rings (SSSR count). The fourth-order valence-electron chi connectivity index (χ4n) is 2.71. The van der Waals surface area contributed by atoms with Crippen molar-refractivity contribution in [3.63, 3.8) is 0 Å². The van der Waals surface area contributed by atoms with Gasteiger partial charge in [-0.3, -0.25) is 9.78 Å². The predicted molar refractivity (Wildman–Crippen MR) is 106 cm³/mol. The number of nitrogens with zero attached hydrogens (tertiary/aromatic N) is 1. The first-order chi connectivity index (χ1) is 13.1. The van der Waals surface area contributed by atoms with E-state index < -0.39 is 0 Å². The molecule has 0 spiro atoms. The minimum absolute atomic E-state index is 0.244. The molecule has 1 N–H and O–H groups in total. The molecule has 0 unspecified atom stereocenters. The number of carbonyl (C=O) groups is 1. The lowest BCUT2D eigenvalue weighted by Gasteiger charge is -2.12. The van der Waals surface area contributed by atoms with E-state index in [-0.39, 0.29) is 5.91 Å². The molecule has 0 aliphatic heterocycles. The van der Waals surface area contributed by atoms with E-state index in [0.29, 0.717) is 22.9 Å². The van der Waals surface area contributed by atoms with Gasteiger partial charge in [-0.05, 0) is 48.0 Å². The summed E-state index contributed by atoms with van der Waals surface area (Å²) in [6, 6.07) is 12.9. The molecule has 138 valence electrons. The number of rotatable bonds is 6. The van der Waals surface area contributed by atoms with Crippen molar-refractivity contribution in [2.75, 3.05) is 26.6 Å². The lowest BCUT2D eigenvalue weighted by atomic mass is 10.1. The Morgan fingerprint density at radius 2 is 1.74 bits per heavy atom. The summed E-state index contributed by atoms with van der Waals surface area (Å²) in [4.78, 5) is 16.5. The van der Waals surface area contributed by atoms with Gasteiger partial charge in [-0.25, -0.2) is 0 Å². The van der Waals surface area contributed by atoms with E-state index in [1.165, 1.54) is 6.08 Å². The van der Waals surface area contributed by atoms with Crippen molar-refractivity contribution in [2.24, 2.45) is 0 Å². The van der Waals surface area contributed by atoms with Gasteiger partial charge in [0.2, 0.25) is 11.7 Å². The highest BCUT2D eigenvalue weighted by Gasteiger charge is 2.12. The minimum atomic E-state index is -0.244. The van der Waals surface area contributed by atoms with Gasteiger partial charge >= 0.3 is 0 Å². The van der Waals surface area contributed by atoms with Crippen molar-refractivity contribution in [2.45, 2.75) is 0 Å². The van der Waals surface area contributed by atoms with Crippen LogP contribution in [0.5, 0.6) is 17.2 Å². The van der Waals surface area contributed by atoms with Crippen molar-refractivity contribution < 1.29 is 19.0 Å². The highest BCUT2D eigenvalue weighted by molar-refractivity contribution is 6.03. The van der Waals surface area contributed by atoms with E-state index in [1.54, 1.807) is 45.7 Å². The molecule has 6 nitrogen and oxygen atoms in total. The molecule has 1 heterocycles. The standard InChI is InChI=1S/C21H20N2O4/c1-25-18-11-14(12-19(26-2)21(18)27-3)6-9-20(24)23-16-7-8-17-15(13-16)5-4-10-22-17/h4-13H,1-3H3,(H,23,24). The fourth-order valence-corrected chi connectivity index (χ4v) is 2.71. The van der Waals surface area contributed by atoms with Crippen LogP contribution in [0, 0.1) is 0 Å². The van der Waals surface area contributed by atoms with Crippen molar-refractivity contribution in [3.8, 4) is 17.2 Å². The third-order valence-electron chi connectivity index (χ3n) is 3.98. The molecule has 1 aromatic heterocycles. The first kappa shape index (κ1) is 18.3. The number of methoxy groups -OCH3 is 3. The molecule has 0 radical (unpaired) electrons. The summed E-state index contributed by atoms with van der Waals surface area (Å²) in [5, 5.41) is 3.81. The lowest BCUT2D eigenvalue weighted by molar-refractivity contribution is -0.111. The van der Waals surface area contributed by atoms with Gasteiger partial charge in [0.25, 0.3) is 0 Å². The summed E-state index contributed by atoms with van der Waals surface area (Å²) in [6.45, 7) is 0. The number of carbonyl (C=O) groups excluding carboxylic acids is 1. The number of hydrogen-bond donors (Lipinski definition) is 1. The summed E-state index contributed by atoms with van der Waals surface area (Å²) in [5.41, 5.74) is 2.33. The molecule has 6 heteroatoms. The summed E-state index contributed by atoms with van der Waals surface area (Å²) < 4.78 is 15.9. The largest absolute Gasteiger partial charge is 0.493 e. The van der Waals surface area contributed by atoms with E-state index in [1.807, 2.05) is 30.3 Å². The first-order valence-corrected chi connectivity index (χ1v) is 8.28. The van der Waals surface area contributed by atoms with Gasteiger partial charge in [-0.15, -0.1) is 0 Å². The topological polar surface area (TPSA) is 69.7 Å². The normalized spacial score (nSPS) is 10.8. The Bertz CT molecular complexity index is 973. The third-order valence-corrected chi connectivity index (χ3v) is 3.98.